The summed E-state index contributed by atoms with van der Waals surface area (Å²) < 4.78 is -0.163. The smallest absolute Gasteiger partial charge is 0.162 e. The minimum atomic E-state index is -1.51. The Morgan fingerprint density at radius 3 is 2.20 bits per heavy atom. The first-order valence-corrected chi connectivity index (χ1v) is 9.66. The third-order valence-corrected chi connectivity index (χ3v) is 4.64. The van der Waals surface area contributed by atoms with Crippen LogP contribution < -0.4 is 0 Å². The molecule has 0 saturated carbocycles. The van der Waals surface area contributed by atoms with Crippen molar-refractivity contribution in [1.29, 1.82) is 0 Å². The van der Waals surface area contributed by atoms with Crippen molar-refractivity contribution in [3.05, 3.63) is 11.4 Å². The van der Waals surface area contributed by atoms with Crippen LogP contribution in [0.3, 0.4) is 0 Å². The summed E-state index contributed by atoms with van der Waals surface area (Å²) in [6, 6.07) is 0. The second-order valence-corrected chi connectivity index (χ2v) is 13.0. The van der Waals surface area contributed by atoms with E-state index < -0.39 is 16.9 Å². The van der Waals surface area contributed by atoms with Crippen LogP contribution in [-0.4, -0.2) is 21.4 Å². The van der Waals surface area contributed by atoms with Crippen molar-refractivity contribution < 1.29 is 0 Å². The van der Waals surface area contributed by atoms with Gasteiger partial charge in [0.1, 0.15) is 0 Å². The predicted octanol–water partition coefficient (Wildman–Crippen LogP) is 2.41. The first-order valence-electron chi connectivity index (χ1n) is 3.06. The Balaban J connectivity index is 3.57. The number of hydrogen-bond acceptors (Lipinski definition) is 0. The van der Waals surface area contributed by atoms with Gasteiger partial charge in [-0.2, -0.15) is 11.1 Å². The van der Waals surface area contributed by atoms with Crippen LogP contribution in [0.4, 0.5) is 0 Å². The molecular weight excluding hydrogens is 223 g/mol. The zero-order valence-electron chi connectivity index (χ0n) is 6.07. The van der Waals surface area contributed by atoms with E-state index in [0.29, 0.717) is 0 Å². The molecule has 0 aromatic carbocycles. The molecule has 0 rings (SSSR count). The van der Waals surface area contributed by atoms with Crippen LogP contribution in [0.25, 0.3) is 0 Å². The first kappa shape index (κ1) is 11.0. The number of hydrogen-bond donors (Lipinski definition) is 0. The van der Waals surface area contributed by atoms with Crippen molar-refractivity contribution in [3.8, 4) is 0 Å². The average Bonchev–Trinajstić information content (AvgIpc) is 1.59. The third-order valence-electron chi connectivity index (χ3n) is 0.828. The van der Waals surface area contributed by atoms with Gasteiger partial charge in [-0.25, -0.2) is 0 Å². The molecule has 5 heteroatoms. The fourth-order valence-electron chi connectivity index (χ4n) is 0.451. The van der Waals surface area contributed by atoms with E-state index in [2.05, 4.69) is 24.5 Å². The number of alkyl halides is 2. The Morgan fingerprint density at radius 2 is 1.90 bits per heavy atom. The van der Waals surface area contributed by atoms with Gasteiger partial charge in [0.2, 0.25) is 0 Å². The summed E-state index contributed by atoms with van der Waals surface area (Å²) >= 11 is 17.1. The van der Waals surface area contributed by atoms with Gasteiger partial charge in [0.25, 0.3) is 0 Å². The lowest BCUT2D eigenvalue weighted by atomic mass is 11.2. The molecule has 0 unspecified atom stereocenters. The summed E-state index contributed by atoms with van der Waals surface area (Å²) in [6.45, 7) is 4.13. The molecule has 0 amide bonds. The van der Waals surface area contributed by atoms with E-state index >= 15 is 0 Å². The van der Waals surface area contributed by atoms with Crippen LogP contribution in [0, 0.1) is 0 Å². The van der Waals surface area contributed by atoms with E-state index in [9.17, 15) is 0 Å². The lowest BCUT2D eigenvalue weighted by molar-refractivity contribution is 1.88. The van der Waals surface area contributed by atoms with Gasteiger partial charge in [-0.15, -0.1) is 28.9 Å². The molecule has 10 heavy (non-hydrogen) atoms. The summed E-state index contributed by atoms with van der Waals surface area (Å²) in [4.78, 5) is 0. The Morgan fingerprint density at radius 1 is 1.40 bits per heavy atom. The van der Waals surface area contributed by atoms with Crippen molar-refractivity contribution in [2.75, 3.05) is 0 Å². The van der Waals surface area contributed by atoms with Crippen LogP contribution in [0.5, 0.6) is 0 Å². The zero-order chi connectivity index (χ0) is 8.20. The molecule has 0 aliphatic rings. The van der Waals surface area contributed by atoms with Gasteiger partial charge in [0, 0.05) is 0 Å². The minimum Gasteiger partial charge on any atom is -0.162 e. The van der Waals surface area contributed by atoms with E-state index in [1.807, 2.05) is 0 Å². The molecule has 60 valence electrons. The Bertz CT molecular complexity index is 117. The summed E-state index contributed by atoms with van der Waals surface area (Å²) in [7, 11) is -1.95. The Hall–Kier alpha value is 1.04. The molecule has 0 bridgehead atoms. The van der Waals surface area contributed by atoms with Gasteiger partial charge < -0.3 is 0 Å². The topological polar surface area (TPSA) is 0 Å². The van der Waals surface area contributed by atoms with Crippen molar-refractivity contribution in [2.45, 2.75) is 17.6 Å². The maximum atomic E-state index is 6.00. The van der Waals surface area contributed by atoms with Gasteiger partial charge in [-0.3, -0.25) is 0 Å². The maximum absolute atomic E-state index is 6.00. The van der Waals surface area contributed by atoms with Crippen LogP contribution in [0.1, 0.15) is 0 Å². The van der Waals surface area contributed by atoms with Crippen molar-refractivity contribution in [3.63, 3.8) is 0 Å². The summed E-state index contributed by atoms with van der Waals surface area (Å²) in [5.41, 5.74) is 4.17. The van der Waals surface area contributed by atoms with Crippen molar-refractivity contribution in [2.24, 2.45) is 0 Å². The predicted molar refractivity (Wildman–Crippen MR) is 56.5 cm³/mol. The van der Waals surface area contributed by atoms with Gasteiger partial charge >= 0.3 is 0 Å². The largest absolute Gasteiger partial charge is 0.173 e. The highest BCUT2D eigenvalue weighted by Crippen LogP contribution is 2.09. The molecule has 0 saturated heterocycles. The molecule has 0 atom stereocenters. The molecular formula is C5H11Cl3Si2. The fraction of sp³-hybridized carbons (Fsp3) is 0.600. The summed E-state index contributed by atoms with van der Waals surface area (Å²) in [6.07, 6.45) is 0. The number of halogens is 3. The molecule has 0 aliphatic carbocycles. The highest BCUT2D eigenvalue weighted by atomic mass is 35.6. The summed E-state index contributed by atoms with van der Waals surface area (Å²) in [5.74, 6) is 0. The van der Waals surface area contributed by atoms with Crippen LogP contribution in [-0.2, 0) is 0 Å². The average molecular weight is 234 g/mol. The molecule has 0 radical (unpaired) electrons. The molecule has 0 aromatic heterocycles. The van der Waals surface area contributed by atoms with E-state index in [4.69, 9.17) is 34.3 Å². The first-order chi connectivity index (χ1) is 4.42. The van der Waals surface area contributed by atoms with Crippen molar-refractivity contribution in [1.82, 2.24) is 0 Å². The molecule has 0 spiro atoms. The highest BCUT2D eigenvalue weighted by Gasteiger charge is 2.10. The Labute approximate surface area is 80.1 Å². The van der Waals surface area contributed by atoms with Gasteiger partial charge in [0.05, 0.1) is 14.0 Å². The lowest BCUT2D eigenvalue weighted by Gasteiger charge is -2.04. The van der Waals surface area contributed by atoms with Crippen molar-refractivity contribution >= 4 is 51.2 Å². The molecule has 0 heterocycles. The van der Waals surface area contributed by atoms with E-state index in [1.165, 1.54) is 0 Å². The second-order valence-electron chi connectivity index (χ2n) is 2.59. The number of rotatable bonds is 3. The molecule has 0 aromatic rings. The van der Waals surface area contributed by atoms with Gasteiger partial charge in [-0.1, -0.05) is 18.8 Å². The van der Waals surface area contributed by atoms with Crippen LogP contribution >= 0.6 is 34.3 Å². The molecule has 0 N–H and O–H groups in total. The zero-order valence-corrected chi connectivity index (χ0v) is 10.8. The molecule has 0 fully saturated rings. The summed E-state index contributed by atoms with van der Waals surface area (Å²) in [5, 5.41) is 0. The van der Waals surface area contributed by atoms with E-state index in [1.54, 1.807) is 0 Å². The normalized spacial score (nSPS) is 14.6. The Kier molecular flexibility index (Phi) is 5.33. The lowest BCUT2D eigenvalue weighted by Crippen LogP contribution is -2.13. The van der Waals surface area contributed by atoms with Crippen LogP contribution in [0.2, 0.25) is 13.1 Å². The van der Waals surface area contributed by atoms with E-state index in [-0.39, 0.29) is 4.46 Å². The maximum Gasteiger partial charge on any atom is 0.173 e. The minimum absolute atomic E-state index is 0.163. The van der Waals surface area contributed by atoms with Crippen LogP contribution in [0.15, 0.2) is 11.4 Å². The second kappa shape index (κ2) is 4.83. The molecule has 0 aliphatic heterocycles. The van der Waals surface area contributed by atoms with Gasteiger partial charge in [0.15, 0.2) is 7.38 Å². The van der Waals surface area contributed by atoms with Gasteiger partial charge in [-0.05, 0) is 0 Å². The monoisotopic (exact) mass is 232 g/mol. The standard InChI is InChI=1S/C5H11Cl3Si2/c1-10(2,8)4-3-9-5(6)7/h3-5H,9H2,1-2H3. The molecule has 0 nitrogen and oxygen atoms in total. The SMILES string of the molecule is C[Si](C)(Cl)C=C[SiH2]C(Cl)Cl. The quantitative estimate of drug-likeness (QED) is 0.399. The third kappa shape index (κ3) is 9.04. The highest BCUT2D eigenvalue weighted by molar-refractivity contribution is 7.22. The van der Waals surface area contributed by atoms with E-state index in [0.717, 1.165) is 0 Å². The fourth-order valence-corrected chi connectivity index (χ4v) is 4.86.